The maximum Gasteiger partial charge on any atom is 0.178 e. The number of benzene rings is 1. The van der Waals surface area contributed by atoms with E-state index in [2.05, 4.69) is 23.1 Å². The Kier molecular flexibility index (Phi) is 4.03. The smallest absolute Gasteiger partial charge is 0.178 e. The van der Waals surface area contributed by atoms with Gasteiger partial charge < -0.3 is 14.4 Å². The Balaban J connectivity index is 1.92. The minimum atomic E-state index is 0.691. The lowest BCUT2D eigenvalue weighted by molar-refractivity contribution is 0.355. The van der Waals surface area contributed by atoms with Crippen molar-refractivity contribution in [3.63, 3.8) is 0 Å². The molecule has 0 N–H and O–H groups in total. The topological polar surface area (TPSA) is 51.9 Å². The Labute approximate surface area is 152 Å². The molecule has 2 aromatic heterocycles. The highest BCUT2D eigenvalue weighted by Crippen LogP contribution is 2.35. The molecule has 0 aliphatic carbocycles. The Hall–Kier alpha value is -3.02. The minimum Gasteiger partial charge on any atom is -0.493 e. The zero-order chi connectivity index (χ0) is 18.3. The standard InChI is InChI=1S/C20H22N4O2/c1-13-11-16(23-9-5-6-10-23)20-21-14(2)19(24(20)22-13)15-7-8-17(25-3)18(12-15)26-4/h5-8,11-12H,9-10H2,1-4H3. The maximum atomic E-state index is 5.46. The van der Waals surface area contributed by atoms with Crippen LogP contribution in [0.3, 0.4) is 0 Å². The summed E-state index contributed by atoms with van der Waals surface area (Å²) in [6.45, 7) is 5.83. The average Bonchev–Trinajstić information content (AvgIpc) is 3.28. The lowest BCUT2D eigenvalue weighted by Crippen LogP contribution is -2.20. The molecule has 3 heterocycles. The van der Waals surface area contributed by atoms with E-state index in [4.69, 9.17) is 19.6 Å². The highest BCUT2D eigenvalue weighted by molar-refractivity contribution is 5.77. The van der Waals surface area contributed by atoms with Gasteiger partial charge in [-0.05, 0) is 38.1 Å². The molecule has 0 spiro atoms. The summed E-state index contributed by atoms with van der Waals surface area (Å²) in [5.41, 5.74) is 5.84. The van der Waals surface area contributed by atoms with E-state index in [0.29, 0.717) is 11.5 Å². The van der Waals surface area contributed by atoms with Crippen molar-refractivity contribution in [3.05, 3.63) is 47.8 Å². The van der Waals surface area contributed by atoms with Crippen molar-refractivity contribution in [2.45, 2.75) is 13.8 Å². The van der Waals surface area contributed by atoms with Crippen molar-refractivity contribution >= 4 is 11.3 Å². The molecule has 0 fully saturated rings. The first-order chi connectivity index (χ1) is 12.6. The molecule has 6 heteroatoms. The van der Waals surface area contributed by atoms with Gasteiger partial charge in [0, 0.05) is 18.7 Å². The third kappa shape index (κ3) is 2.58. The molecule has 26 heavy (non-hydrogen) atoms. The summed E-state index contributed by atoms with van der Waals surface area (Å²) in [5, 5.41) is 4.74. The second-order valence-electron chi connectivity index (χ2n) is 6.40. The predicted molar refractivity (Wildman–Crippen MR) is 102 cm³/mol. The van der Waals surface area contributed by atoms with Gasteiger partial charge in [-0.2, -0.15) is 5.10 Å². The Morgan fingerprint density at radius 3 is 2.38 bits per heavy atom. The molecule has 0 radical (unpaired) electrons. The van der Waals surface area contributed by atoms with Gasteiger partial charge in [-0.1, -0.05) is 12.2 Å². The summed E-state index contributed by atoms with van der Waals surface area (Å²) < 4.78 is 12.8. The van der Waals surface area contributed by atoms with Crippen molar-refractivity contribution in [3.8, 4) is 22.8 Å². The van der Waals surface area contributed by atoms with E-state index in [9.17, 15) is 0 Å². The van der Waals surface area contributed by atoms with Crippen LogP contribution >= 0.6 is 0 Å². The van der Waals surface area contributed by atoms with E-state index in [0.717, 1.165) is 47.1 Å². The zero-order valence-corrected chi connectivity index (χ0v) is 15.5. The lowest BCUT2D eigenvalue weighted by atomic mass is 10.1. The van der Waals surface area contributed by atoms with Gasteiger partial charge in [-0.3, -0.25) is 0 Å². The fraction of sp³-hybridized carbons (Fsp3) is 0.300. The van der Waals surface area contributed by atoms with Crippen LogP contribution in [0.25, 0.3) is 16.9 Å². The van der Waals surface area contributed by atoms with Gasteiger partial charge in [0.1, 0.15) is 0 Å². The van der Waals surface area contributed by atoms with Gasteiger partial charge in [0.05, 0.1) is 37.0 Å². The van der Waals surface area contributed by atoms with E-state index in [-0.39, 0.29) is 0 Å². The summed E-state index contributed by atoms with van der Waals surface area (Å²) in [6.07, 6.45) is 4.36. The first-order valence-corrected chi connectivity index (χ1v) is 8.61. The third-order valence-corrected chi connectivity index (χ3v) is 4.68. The van der Waals surface area contributed by atoms with Crippen LogP contribution in [0.4, 0.5) is 5.69 Å². The SMILES string of the molecule is COc1ccc(-c2c(C)nc3c(N4CC=CC4)cc(C)nn23)cc1OC. The molecule has 0 saturated carbocycles. The van der Waals surface area contributed by atoms with E-state index in [1.165, 1.54) is 0 Å². The molecule has 1 aromatic carbocycles. The Morgan fingerprint density at radius 1 is 0.962 bits per heavy atom. The van der Waals surface area contributed by atoms with Crippen LogP contribution in [0.15, 0.2) is 36.4 Å². The summed E-state index contributed by atoms with van der Waals surface area (Å²) in [7, 11) is 3.28. The average molecular weight is 350 g/mol. The van der Waals surface area contributed by atoms with E-state index >= 15 is 0 Å². The number of aryl methyl sites for hydroxylation is 2. The number of hydrogen-bond donors (Lipinski definition) is 0. The molecular formula is C20H22N4O2. The maximum absolute atomic E-state index is 5.46. The molecule has 1 aliphatic heterocycles. The molecule has 0 unspecified atom stereocenters. The number of hydrogen-bond acceptors (Lipinski definition) is 5. The molecule has 0 bridgehead atoms. The van der Waals surface area contributed by atoms with Crippen molar-refractivity contribution in [1.82, 2.24) is 14.6 Å². The highest BCUT2D eigenvalue weighted by atomic mass is 16.5. The monoisotopic (exact) mass is 350 g/mol. The summed E-state index contributed by atoms with van der Waals surface area (Å²) in [6, 6.07) is 8.00. The number of methoxy groups -OCH3 is 2. The fourth-order valence-electron chi connectivity index (χ4n) is 3.45. The molecule has 0 saturated heterocycles. The van der Waals surface area contributed by atoms with Crippen LogP contribution < -0.4 is 14.4 Å². The molecule has 0 atom stereocenters. The second kappa shape index (κ2) is 6.37. The van der Waals surface area contributed by atoms with Crippen molar-refractivity contribution < 1.29 is 9.47 Å². The van der Waals surface area contributed by atoms with Gasteiger partial charge in [-0.25, -0.2) is 9.50 Å². The highest BCUT2D eigenvalue weighted by Gasteiger charge is 2.20. The minimum absolute atomic E-state index is 0.691. The number of fused-ring (bicyclic) bond motifs is 1. The largest absolute Gasteiger partial charge is 0.493 e. The van der Waals surface area contributed by atoms with Crippen LogP contribution in [0.5, 0.6) is 11.5 Å². The number of nitrogens with zero attached hydrogens (tertiary/aromatic N) is 4. The summed E-state index contributed by atoms with van der Waals surface area (Å²) in [5.74, 6) is 1.40. The van der Waals surface area contributed by atoms with Crippen LogP contribution in [0.2, 0.25) is 0 Å². The predicted octanol–water partition coefficient (Wildman–Crippen LogP) is 3.41. The first kappa shape index (κ1) is 16.4. The number of anilines is 1. The van der Waals surface area contributed by atoms with Crippen molar-refractivity contribution in [2.24, 2.45) is 0 Å². The van der Waals surface area contributed by atoms with Gasteiger partial charge in [0.15, 0.2) is 17.1 Å². The Morgan fingerprint density at radius 2 is 1.69 bits per heavy atom. The van der Waals surface area contributed by atoms with E-state index < -0.39 is 0 Å². The summed E-state index contributed by atoms with van der Waals surface area (Å²) in [4.78, 5) is 7.13. The van der Waals surface area contributed by atoms with Crippen LogP contribution in [-0.4, -0.2) is 41.9 Å². The molecular weight excluding hydrogens is 328 g/mol. The van der Waals surface area contributed by atoms with Crippen molar-refractivity contribution in [2.75, 3.05) is 32.2 Å². The number of imidazole rings is 1. The second-order valence-corrected chi connectivity index (χ2v) is 6.40. The van der Waals surface area contributed by atoms with Gasteiger partial charge in [-0.15, -0.1) is 0 Å². The molecule has 1 aliphatic rings. The zero-order valence-electron chi connectivity index (χ0n) is 15.5. The van der Waals surface area contributed by atoms with Crippen LogP contribution in [0.1, 0.15) is 11.4 Å². The molecule has 0 amide bonds. The van der Waals surface area contributed by atoms with Gasteiger partial charge in [0.2, 0.25) is 0 Å². The normalized spacial score (nSPS) is 13.6. The van der Waals surface area contributed by atoms with Gasteiger partial charge >= 0.3 is 0 Å². The van der Waals surface area contributed by atoms with Crippen molar-refractivity contribution in [1.29, 1.82) is 0 Å². The number of ether oxygens (including phenoxy) is 2. The van der Waals surface area contributed by atoms with Crippen LogP contribution in [-0.2, 0) is 0 Å². The van der Waals surface area contributed by atoms with Crippen LogP contribution in [0, 0.1) is 13.8 Å². The quantitative estimate of drug-likeness (QED) is 0.675. The van der Waals surface area contributed by atoms with Gasteiger partial charge in [0.25, 0.3) is 0 Å². The molecule has 134 valence electrons. The Bertz CT molecular complexity index is 999. The molecule has 6 nitrogen and oxygen atoms in total. The number of rotatable bonds is 4. The molecule has 3 aromatic rings. The molecule has 4 rings (SSSR count). The first-order valence-electron chi connectivity index (χ1n) is 8.61. The van der Waals surface area contributed by atoms with E-state index in [1.807, 2.05) is 36.6 Å². The fourth-order valence-corrected chi connectivity index (χ4v) is 3.45. The summed E-state index contributed by atoms with van der Waals surface area (Å²) >= 11 is 0. The number of aromatic nitrogens is 3. The lowest BCUT2D eigenvalue weighted by Gasteiger charge is -2.18. The third-order valence-electron chi connectivity index (χ3n) is 4.68. The van der Waals surface area contributed by atoms with E-state index in [1.54, 1.807) is 14.2 Å².